The van der Waals surface area contributed by atoms with Crippen LogP contribution in [0, 0.1) is 6.92 Å². The smallest absolute Gasteiger partial charge is 0.222 e. The molecule has 6 heteroatoms. The Balaban J connectivity index is 1.86. The average molecular weight is 380 g/mol. The van der Waals surface area contributed by atoms with Crippen molar-refractivity contribution in [3.05, 3.63) is 53.5 Å². The number of aliphatic hydroxyl groups is 1. The van der Waals surface area contributed by atoms with Gasteiger partial charge in [0.15, 0.2) is 0 Å². The van der Waals surface area contributed by atoms with E-state index in [-0.39, 0.29) is 18.6 Å². The molecule has 2 heterocycles. The third-order valence-corrected chi connectivity index (χ3v) is 5.05. The fourth-order valence-electron chi connectivity index (χ4n) is 3.65. The third kappa shape index (κ3) is 4.75. The van der Waals surface area contributed by atoms with Crippen LogP contribution in [-0.2, 0) is 12.8 Å². The van der Waals surface area contributed by atoms with E-state index in [0.717, 1.165) is 48.5 Å². The van der Waals surface area contributed by atoms with E-state index < -0.39 is 0 Å². The topological polar surface area (TPSA) is 97.0 Å². The van der Waals surface area contributed by atoms with Gasteiger partial charge in [0, 0.05) is 41.2 Å². The molecule has 0 saturated heterocycles. The number of nitrogens with two attached hydrogens (primary N) is 1. The summed E-state index contributed by atoms with van der Waals surface area (Å²) in [5.74, 6) is 1.04. The van der Waals surface area contributed by atoms with E-state index >= 15 is 0 Å². The van der Waals surface area contributed by atoms with Gasteiger partial charge in [0.2, 0.25) is 5.95 Å². The number of rotatable bonds is 9. The molecule has 1 atom stereocenters. The molecule has 2 aromatic heterocycles. The van der Waals surface area contributed by atoms with Crippen LogP contribution in [-0.4, -0.2) is 32.7 Å². The lowest BCUT2D eigenvalue weighted by atomic mass is 10.0. The fourth-order valence-corrected chi connectivity index (χ4v) is 3.65. The number of pyridine rings is 1. The minimum atomic E-state index is 0.145. The van der Waals surface area contributed by atoms with E-state index in [2.05, 4.69) is 39.3 Å². The second-order valence-electron chi connectivity index (χ2n) is 7.12. The highest BCUT2D eigenvalue weighted by Gasteiger charge is 2.16. The Kier molecular flexibility index (Phi) is 6.76. The number of hydrogen-bond donors (Lipinski definition) is 3. The summed E-state index contributed by atoms with van der Waals surface area (Å²) in [4.78, 5) is 13.4. The summed E-state index contributed by atoms with van der Waals surface area (Å²) in [6.45, 7) is 4.25. The van der Waals surface area contributed by atoms with Gasteiger partial charge in [-0.25, -0.2) is 4.98 Å². The summed E-state index contributed by atoms with van der Waals surface area (Å²) >= 11 is 0. The van der Waals surface area contributed by atoms with Crippen LogP contribution in [0.2, 0.25) is 0 Å². The van der Waals surface area contributed by atoms with Crippen LogP contribution in [0.4, 0.5) is 11.8 Å². The van der Waals surface area contributed by atoms with E-state index in [1.54, 1.807) is 0 Å². The van der Waals surface area contributed by atoms with Gasteiger partial charge in [0.25, 0.3) is 0 Å². The summed E-state index contributed by atoms with van der Waals surface area (Å²) in [6, 6.07) is 10.5. The van der Waals surface area contributed by atoms with Crippen molar-refractivity contribution in [3.63, 3.8) is 0 Å². The second kappa shape index (κ2) is 9.46. The molecule has 0 bridgehead atoms. The summed E-state index contributed by atoms with van der Waals surface area (Å²) in [5, 5.41) is 15.2. The van der Waals surface area contributed by atoms with Gasteiger partial charge in [-0.3, -0.25) is 4.98 Å². The Morgan fingerprint density at radius 1 is 1.11 bits per heavy atom. The number of aryl methyl sites for hydroxylation is 2. The third-order valence-electron chi connectivity index (χ3n) is 5.05. The van der Waals surface area contributed by atoms with Gasteiger partial charge < -0.3 is 16.2 Å². The number of aliphatic hydroxyl groups excluding tert-OH is 1. The summed E-state index contributed by atoms with van der Waals surface area (Å²) < 4.78 is 0. The number of aromatic nitrogens is 3. The average Bonchev–Trinajstić information content (AvgIpc) is 2.67. The molecule has 1 aromatic carbocycles. The quantitative estimate of drug-likeness (QED) is 0.525. The van der Waals surface area contributed by atoms with Crippen molar-refractivity contribution in [2.45, 2.75) is 52.0 Å². The van der Waals surface area contributed by atoms with Crippen molar-refractivity contribution in [1.29, 1.82) is 0 Å². The lowest BCUT2D eigenvalue weighted by Crippen LogP contribution is -2.23. The highest BCUT2D eigenvalue weighted by Crippen LogP contribution is 2.24. The van der Waals surface area contributed by atoms with Crippen molar-refractivity contribution in [2.24, 2.45) is 0 Å². The van der Waals surface area contributed by atoms with Gasteiger partial charge >= 0.3 is 0 Å². The predicted octanol–water partition coefficient (Wildman–Crippen LogP) is 3.66. The zero-order valence-electron chi connectivity index (χ0n) is 16.7. The van der Waals surface area contributed by atoms with Gasteiger partial charge in [0.05, 0.1) is 0 Å². The Bertz CT molecular complexity index is 917. The maximum Gasteiger partial charge on any atom is 0.222 e. The largest absolute Gasteiger partial charge is 0.396 e. The number of hydrogen-bond acceptors (Lipinski definition) is 6. The van der Waals surface area contributed by atoms with E-state index in [1.165, 1.54) is 10.8 Å². The van der Waals surface area contributed by atoms with Crippen LogP contribution in [0.1, 0.15) is 43.1 Å². The monoisotopic (exact) mass is 379 g/mol. The molecule has 0 spiro atoms. The van der Waals surface area contributed by atoms with Crippen LogP contribution in [0.3, 0.4) is 0 Å². The molecule has 4 N–H and O–H groups in total. The maximum atomic E-state index is 9.37. The first-order chi connectivity index (χ1) is 13.6. The van der Waals surface area contributed by atoms with Gasteiger partial charge in [-0.2, -0.15) is 4.98 Å². The standard InChI is InChI=1S/C22H29N5O/c1-3-6-17(12-14-28)26-21-18(15(2)25-22(23)27-21)9-10-20-19-8-5-4-7-16(19)11-13-24-20/h4-5,7-8,11,13,17,28H,3,6,9-10,12,14H2,1-2H3,(H3,23,25,26,27). The van der Waals surface area contributed by atoms with Gasteiger partial charge in [-0.1, -0.05) is 37.6 Å². The first kappa shape index (κ1) is 20.0. The molecule has 0 aliphatic rings. The molecule has 0 aliphatic carbocycles. The molecular formula is C22H29N5O. The van der Waals surface area contributed by atoms with Crippen LogP contribution in [0.25, 0.3) is 10.8 Å². The molecule has 6 nitrogen and oxygen atoms in total. The minimum absolute atomic E-state index is 0.145. The number of benzene rings is 1. The molecule has 3 rings (SSSR count). The van der Waals surface area contributed by atoms with Crippen molar-refractivity contribution >= 4 is 22.5 Å². The molecule has 0 saturated carbocycles. The molecule has 1 unspecified atom stereocenters. The van der Waals surface area contributed by atoms with Crippen LogP contribution >= 0.6 is 0 Å². The molecule has 148 valence electrons. The van der Waals surface area contributed by atoms with Crippen molar-refractivity contribution in [3.8, 4) is 0 Å². The lowest BCUT2D eigenvalue weighted by molar-refractivity contribution is 0.276. The van der Waals surface area contributed by atoms with E-state index in [0.29, 0.717) is 6.42 Å². The van der Waals surface area contributed by atoms with Gasteiger partial charge in [0.1, 0.15) is 5.82 Å². The van der Waals surface area contributed by atoms with Crippen LogP contribution in [0.15, 0.2) is 36.5 Å². The molecule has 0 fully saturated rings. The van der Waals surface area contributed by atoms with Crippen molar-refractivity contribution < 1.29 is 5.11 Å². The fraction of sp³-hybridized carbons (Fsp3) is 0.409. The summed E-state index contributed by atoms with van der Waals surface area (Å²) in [6.07, 6.45) is 6.11. The normalized spacial score (nSPS) is 12.2. The Hall–Kier alpha value is -2.73. The van der Waals surface area contributed by atoms with E-state index in [1.807, 2.05) is 31.3 Å². The zero-order valence-corrected chi connectivity index (χ0v) is 16.7. The molecular weight excluding hydrogens is 350 g/mol. The number of anilines is 2. The van der Waals surface area contributed by atoms with Crippen molar-refractivity contribution in [2.75, 3.05) is 17.7 Å². The Morgan fingerprint density at radius 3 is 2.71 bits per heavy atom. The molecule has 28 heavy (non-hydrogen) atoms. The molecule has 0 radical (unpaired) electrons. The Morgan fingerprint density at radius 2 is 1.93 bits per heavy atom. The SMILES string of the molecule is CCCC(CCO)Nc1nc(N)nc(C)c1CCc1nccc2ccccc12. The molecule has 0 amide bonds. The predicted molar refractivity (Wildman–Crippen MR) is 114 cm³/mol. The summed E-state index contributed by atoms with van der Waals surface area (Å²) in [5.41, 5.74) is 8.92. The van der Waals surface area contributed by atoms with E-state index in [9.17, 15) is 5.11 Å². The second-order valence-corrected chi connectivity index (χ2v) is 7.12. The Labute approximate surface area is 166 Å². The van der Waals surface area contributed by atoms with Crippen LogP contribution < -0.4 is 11.1 Å². The molecule has 3 aromatic rings. The lowest BCUT2D eigenvalue weighted by Gasteiger charge is -2.21. The van der Waals surface area contributed by atoms with Gasteiger partial charge in [-0.05, 0) is 44.1 Å². The highest BCUT2D eigenvalue weighted by molar-refractivity contribution is 5.84. The highest BCUT2D eigenvalue weighted by atomic mass is 16.3. The first-order valence-corrected chi connectivity index (χ1v) is 9.95. The zero-order chi connectivity index (χ0) is 19.9. The first-order valence-electron chi connectivity index (χ1n) is 9.95. The number of fused-ring (bicyclic) bond motifs is 1. The maximum absolute atomic E-state index is 9.37. The number of nitrogens with zero attached hydrogens (tertiary/aromatic N) is 3. The van der Waals surface area contributed by atoms with Crippen molar-refractivity contribution in [1.82, 2.24) is 15.0 Å². The molecule has 0 aliphatic heterocycles. The minimum Gasteiger partial charge on any atom is -0.396 e. The van der Waals surface area contributed by atoms with Crippen LogP contribution in [0.5, 0.6) is 0 Å². The van der Waals surface area contributed by atoms with Gasteiger partial charge in [-0.15, -0.1) is 0 Å². The summed E-state index contributed by atoms with van der Waals surface area (Å²) in [7, 11) is 0. The van der Waals surface area contributed by atoms with E-state index in [4.69, 9.17) is 5.73 Å². The number of nitrogens with one attached hydrogen (secondary N) is 1. The number of nitrogen functional groups attached to an aromatic ring is 1.